The topological polar surface area (TPSA) is 35.5 Å². The van der Waals surface area contributed by atoms with E-state index >= 15 is 0 Å². The van der Waals surface area contributed by atoms with Gasteiger partial charge in [0.15, 0.2) is 0 Å². The van der Waals surface area contributed by atoms with Crippen molar-refractivity contribution in [2.75, 3.05) is 33.8 Å². The van der Waals surface area contributed by atoms with Gasteiger partial charge in [-0.15, -0.1) is 0 Å². The molecule has 0 heterocycles. The number of aliphatic hydroxyl groups excluding tert-OH is 1. The molecular formula is C15H32N2O. The van der Waals surface area contributed by atoms with E-state index in [1.807, 2.05) is 0 Å². The molecular weight excluding hydrogens is 224 g/mol. The molecule has 0 radical (unpaired) electrons. The van der Waals surface area contributed by atoms with Crippen LogP contribution in [0.3, 0.4) is 0 Å². The third-order valence-electron chi connectivity index (χ3n) is 4.52. The highest BCUT2D eigenvalue weighted by atomic mass is 16.3. The van der Waals surface area contributed by atoms with Gasteiger partial charge in [0.25, 0.3) is 0 Å². The average molecular weight is 256 g/mol. The summed E-state index contributed by atoms with van der Waals surface area (Å²) in [5.41, 5.74) is -0.0537. The van der Waals surface area contributed by atoms with Crippen LogP contribution in [-0.2, 0) is 0 Å². The summed E-state index contributed by atoms with van der Waals surface area (Å²) in [7, 11) is 4.19. The molecule has 18 heavy (non-hydrogen) atoms. The summed E-state index contributed by atoms with van der Waals surface area (Å²) >= 11 is 0. The van der Waals surface area contributed by atoms with Crippen LogP contribution in [-0.4, -0.2) is 49.3 Å². The number of hydrogen-bond donors (Lipinski definition) is 2. The lowest BCUT2D eigenvalue weighted by Crippen LogP contribution is -2.59. The van der Waals surface area contributed by atoms with Crippen molar-refractivity contribution in [1.82, 2.24) is 10.2 Å². The minimum absolute atomic E-state index is 0.0537. The summed E-state index contributed by atoms with van der Waals surface area (Å²) in [6, 6.07) is 0. The first-order chi connectivity index (χ1) is 8.41. The molecule has 108 valence electrons. The maximum Gasteiger partial charge on any atom is 0.0616 e. The minimum Gasteiger partial charge on any atom is -0.394 e. The van der Waals surface area contributed by atoms with Crippen molar-refractivity contribution in [3.63, 3.8) is 0 Å². The second-order valence-corrected chi connectivity index (χ2v) is 6.78. The largest absolute Gasteiger partial charge is 0.394 e. The Kier molecular flexibility index (Phi) is 6.09. The minimum atomic E-state index is -0.0537. The van der Waals surface area contributed by atoms with Crippen molar-refractivity contribution < 1.29 is 5.11 Å². The maximum atomic E-state index is 9.97. The van der Waals surface area contributed by atoms with Crippen LogP contribution in [0.4, 0.5) is 0 Å². The zero-order valence-corrected chi connectivity index (χ0v) is 12.9. The van der Waals surface area contributed by atoms with Crippen LogP contribution in [0, 0.1) is 17.8 Å². The highest BCUT2D eigenvalue weighted by molar-refractivity contribution is 4.99. The third kappa shape index (κ3) is 3.94. The fraction of sp³-hybridized carbons (Fsp3) is 1.00. The van der Waals surface area contributed by atoms with Crippen LogP contribution in [0.1, 0.15) is 40.0 Å². The van der Waals surface area contributed by atoms with Gasteiger partial charge in [-0.1, -0.05) is 27.2 Å². The van der Waals surface area contributed by atoms with Crippen molar-refractivity contribution in [2.24, 2.45) is 17.8 Å². The SMILES string of the molecule is CC1CCC(C(C)C)C(CO)(NCCN(C)C)C1. The molecule has 1 aliphatic carbocycles. The Bertz CT molecular complexity index is 243. The van der Waals surface area contributed by atoms with E-state index < -0.39 is 0 Å². The summed E-state index contributed by atoms with van der Waals surface area (Å²) in [6.45, 7) is 9.16. The molecule has 1 fully saturated rings. The van der Waals surface area contributed by atoms with Gasteiger partial charge >= 0.3 is 0 Å². The molecule has 1 saturated carbocycles. The molecule has 0 aliphatic heterocycles. The zero-order valence-electron chi connectivity index (χ0n) is 12.9. The molecule has 0 aromatic heterocycles. The summed E-state index contributed by atoms with van der Waals surface area (Å²) in [4.78, 5) is 2.19. The molecule has 3 unspecified atom stereocenters. The van der Waals surface area contributed by atoms with Gasteiger partial charge in [0.05, 0.1) is 6.61 Å². The second-order valence-electron chi connectivity index (χ2n) is 6.78. The fourth-order valence-corrected chi connectivity index (χ4v) is 3.56. The third-order valence-corrected chi connectivity index (χ3v) is 4.52. The summed E-state index contributed by atoms with van der Waals surface area (Å²) in [5.74, 6) is 1.95. The predicted molar refractivity (Wildman–Crippen MR) is 77.7 cm³/mol. The Balaban J connectivity index is 2.70. The molecule has 0 aromatic carbocycles. The number of likely N-dealkylation sites (N-methyl/N-ethyl adjacent to an activating group) is 1. The van der Waals surface area contributed by atoms with Gasteiger partial charge < -0.3 is 15.3 Å². The lowest BCUT2D eigenvalue weighted by Gasteiger charge is -2.48. The first-order valence-corrected chi connectivity index (χ1v) is 7.42. The summed E-state index contributed by atoms with van der Waals surface area (Å²) < 4.78 is 0. The molecule has 3 atom stereocenters. The van der Waals surface area contributed by atoms with Gasteiger partial charge in [0.2, 0.25) is 0 Å². The first-order valence-electron chi connectivity index (χ1n) is 7.42. The monoisotopic (exact) mass is 256 g/mol. The van der Waals surface area contributed by atoms with E-state index in [9.17, 15) is 5.11 Å². The highest BCUT2D eigenvalue weighted by Gasteiger charge is 2.43. The smallest absolute Gasteiger partial charge is 0.0616 e. The highest BCUT2D eigenvalue weighted by Crippen LogP contribution is 2.40. The van der Waals surface area contributed by atoms with Gasteiger partial charge in [0, 0.05) is 18.6 Å². The van der Waals surface area contributed by atoms with E-state index in [1.165, 1.54) is 12.8 Å². The Labute approximate surface area is 113 Å². The Morgan fingerprint density at radius 1 is 1.33 bits per heavy atom. The van der Waals surface area contributed by atoms with Crippen molar-refractivity contribution in [3.05, 3.63) is 0 Å². The second kappa shape index (κ2) is 6.88. The van der Waals surface area contributed by atoms with Crippen LogP contribution >= 0.6 is 0 Å². The first kappa shape index (κ1) is 15.9. The van der Waals surface area contributed by atoms with Crippen LogP contribution in [0.5, 0.6) is 0 Å². The Morgan fingerprint density at radius 2 is 2.00 bits per heavy atom. The van der Waals surface area contributed by atoms with Crippen molar-refractivity contribution >= 4 is 0 Å². The zero-order chi connectivity index (χ0) is 13.8. The van der Waals surface area contributed by atoms with Crippen molar-refractivity contribution in [3.8, 4) is 0 Å². The van der Waals surface area contributed by atoms with Crippen molar-refractivity contribution in [2.45, 2.75) is 45.6 Å². The van der Waals surface area contributed by atoms with E-state index in [0.717, 1.165) is 25.4 Å². The van der Waals surface area contributed by atoms with Crippen molar-refractivity contribution in [1.29, 1.82) is 0 Å². The van der Waals surface area contributed by atoms with Gasteiger partial charge in [-0.05, 0) is 44.7 Å². The quantitative estimate of drug-likeness (QED) is 0.762. The molecule has 0 spiro atoms. The lowest BCUT2D eigenvalue weighted by atomic mass is 9.65. The molecule has 2 N–H and O–H groups in total. The van der Waals surface area contributed by atoms with E-state index in [-0.39, 0.29) is 12.1 Å². The van der Waals surface area contributed by atoms with Crippen LogP contribution in [0.2, 0.25) is 0 Å². The number of nitrogens with one attached hydrogen (secondary N) is 1. The van der Waals surface area contributed by atoms with Gasteiger partial charge in [-0.25, -0.2) is 0 Å². The van der Waals surface area contributed by atoms with E-state index in [1.54, 1.807) is 0 Å². The Morgan fingerprint density at radius 3 is 2.50 bits per heavy atom. The molecule has 3 nitrogen and oxygen atoms in total. The molecule has 0 saturated heterocycles. The molecule has 0 bridgehead atoms. The number of aliphatic hydroxyl groups is 1. The van der Waals surface area contributed by atoms with Gasteiger partial charge in [-0.2, -0.15) is 0 Å². The number of rotatable bonds is 6. The molecule has 0 amide bonds. The van der Waals surface area contributed by atoms with Gasteiger partial charge in [0.1, 0.15) is 0 Å². The fourth-order valence-electron chi connectivity index (χ4n) is 3.56. The van der Waals surface area contributed by atoms with Crippen LogP contribution < -0.4 is 5.32 Å². The standard InChI is InChI=1S/C15H32N2O/c1-12(2)14-7-6-13(3)10-15(14,11-18)16-8-9-17(4)5/h12-14,16,18H,6-11H2,1-5H3. The number of nitrogens with zero attached hydrogens (tertiary/aromatic N) is 1. The Hall–Kier alpha value is -0.120. The normalized spacial score (nSPS) is 33.3. The van der Waals surface area contributed by atoms with Crippen LogP contribution in [0.25, 0.3) is 0 Å². The predicted octanol–water partition coefficient (Wildman–Crippen LogP) is 1.96. The molecule has 0 aromatic rings. The lowest BCUT2D eigenvalue weighted by molar-refractivity contribution is 0.0228. The van der Waals surface area contributed by atoms with E-state index in [4.69, 9.17) is 0 Å². The number of hydrogen-bond acceptors (Lipinski definition) is 3. The van der Waals surface area contributed by atoms with Crippen LogP contribution in [0.15, 0.2) is 0 Å². The summed E-state index contributed by atoms with van der Waals surface area (Å²) in [6.07, 6.45) is 3.66. The maximum absolute atomic E-state index is 9.97. The summed E-state index contributed by atoms with van der Waals surface area (Å²) in [5, 5.41) is 13.7. The van der Waals surface area contributed by atoms with Gasteiger partial charge in [-0.3, -0.25) is 0 Å². The molecule has 1 rings (SSSR count). The molecule has 1 aliphatic rings. The van der Waals surface area contributed by atoms with E-state index in [2.05, 4.69) is 45.1 Å². The molecule has 3 heteroatoms. The average Bonchev–Trinajstić information content (AvgIpc) is 2.28. The van der Waals surface area contributed by atoms with E-state index in [0.29, 0.717) is 11.8 Å².